The van der Waals surface area contributed by atoms with Gasteiger partial charge >= 0.3 is 6.80 Å². The van der Waals surface area contributed by atoms with E-state index in [2.05, 4.69) is 42.2 Å². The molecule has 6 heterocycles. The van der Waals surface area contributed by atoms with E-state index in [1.807, 2.05) is 9.47 Å². The zero-order chi connectivity index (χ0) is 31.2. The average molecular weight is 673 g/mol. The highest BCUT2D eigenvalue weighted by Crippen LogP contribution is 2.57. The van der Waals surface area contributed by atoms with Crippen molar-refractivity contribution >= 4 is 68.8 Å². The first-order chi connectivity index (χ1) is 21.1. The van der Waals surface area contributed by atoms with Crippen LogP contribution in [-0.2, 0) is 32.4 Å². The van der Waals surface area contributed by atoms with Crippen LogP contribution in [0, 0.1) is 5.92 Å². The van der Waals surface area contributed by atoms with Crippen molar-refractivity contribution in [2.24, 2.45) is 5.92 Å². The van der Waals surface area contributed by atoms with Crippen molar-refractivity contribution in [2.45, 2.75) is 49.5 Å². The molecule has 10 atom stereocenters. The van der Waals surface area contributed by atoms with Gasteiger partial charge in [0.25, 0.3) is 0 Å². The molecule has 1 unspecified atom stereocenters. The van der Waals surface area contributed by atoms with Crippen LogP contribution in [-0.4, -0.2) is 94.2 Å². The second-order valence-electron chi connectivity index (χ2n) is 9.97. The number of fused-ring (bicyclic) bond motifs is 2. The predicted molar refractivity (Wildman–Crippen MR) is 155 cm³/mol. The third-order valence-corrected chi connectivity index (χ3v) is 9.17. The summed E-state index contributed by atoms with van der Waals surface area (Å²) in [6, 6.07) is 0. The molecule has 2 aliphatic rings. The smallest absolute Gasteiger partial charge is 0.386 e. The summed E-state index contributed by atoms with van der Waals surface area (Å²) in [5.74, 6) is -0.705. The molecule has 22 heteroatoms. The van der Waals surface area contributed by atoms with Gasteiger partial charge in [-0.2, -0.15) is 0 Å². The SMILES string of the molecule is Nc1ncnc2c1ncn2[C@@H]1O[C@H](COP)[C@@H](O[P@](=O)(S)OC[C@H]2O[C@@H](n3cnc4c(N)ncnc43)[C@H](CC=O)[C@H]2F)[C@H]1O. The molecule has 0 bridgehead atoms. The number of carbonyl (C=O) groups excluding carboxylic acids is 1. The fourth-order valence-corrected chi connectivity index (χ4v) is 7.00. The van der Waals surface area contributed by atoms with Crippen LogP contribution < -0.4 is 11.5 Å². The van der Waals surface area contributed by atoms with Crippen molar-refractivity contribution < 1.29 is 41.9 Å². The minimum Gasteiger partial charge on any atom is -0.386 e. The minimum absolute atomic E-state index is 0.0965. The topological polar surface area (TPSA) is 240 Å². The molecule has 0 aliphatic carbocycles. The molecular weight excluding hydrogens is 645 g/mol. The molecular formula is C22H27FN10O8P2S. The molecule has 2 aliphatic heterocycles. The first-order valence-corrected chi connectivity index (χ1v) is 16.2. The van der Waals surface area contributed by atoms with E-state index >= 15 is 4.39 Å². The van der Waals surface area contributed by atoms with Gasteiger partial charge in [-0.3, -0.25) is 18.2 Å². The highest BCUT2D eigenvalue weighted by Gasteiger charge is 2.50. The Kier molecular flexibility index (Phi) is 8.80. The maximum Gasteiger partial charge on any atom is 0.386 e. The van der Waals surface area contributed by atoms with E-state index in [9.17, 15) is 14.5 Å². The zero-order valence-electron chi connectivity index (χ0n) is 22.5. The van der Waals surface area contributed by atoms with Gasteiger partial charge in [-0.15, -0.1) is 0 Å². The summed E-state index contributed by atoms with van der Waals surface area (Å²) in [6.07, 6.45) is -3.22. The van der Waals surface area contributed by atoms with Gasteiger partial charge in [0, 0.05) is 21.8 Å². The van der Waals surface area contributed by atoms with E-state index in [-0.39, 0.29) is 47.0 Å². The van der Waals surface area contributed by atoms with E-state index in [1.165, 1.54) is 34.4 Å². The van der Waals surface area contributed by atoms with Gasteiger partial charge < -0.3 is 35.4 Å². The molecule has 0 radical (unpaired) electrons. The highest BCUT2D eigenvalue weighted by atomic mass is 32.7. The van der Waals surface area contributed by atoms with Crippen LogP contribution in [0.4, 0.5) is 16.0 Å². The number of imidazole rings is 2. The lowest BCUT2D eigenvalue weighted by atomic mass is 9.98. The third kappa shape index (κ3) is 5.65. The van der Waals surface area contributed by atoms with E-state index in [4.69, 9.17) is 34.5 Å². The van der Waals surface area contributed by atoms with Crippen LogP contribution in [0.2, 0.25) is 0 Å². The molecule has 5 N–H and O–H groups in total. The molecule has 6 rings (SSSR count). The summed E-state index contributed by atoms with van der Waals surface area (Å²) >= 11 is 4.06. The largest absolute Gasteiger partial charge is 0.386 e. The maximum absolute atomic E-state index is 15.6. The standard InChI is InChI=1S/C22H27FN10O8P2S/c23-12-9(1-2-34)21(32-7-30-13-17(24)26-5-28-19(13)32)39-10(12)4-38-43(36,44)41-16-11(3-37-42)40-22(15(16)35)33-8-31-14-18(25)27-6-29-20(14)33/h2,5-12,15-16,21-22,35H,1,3-4,42H2,(H,36,44)(H2,24,26,28)(H2,25,27,29)/t9-,10-,11-,12-,15-,16-,21-,22-,43-/m1/s1. The maximum atomic E-state index is 15.6. The number of alkyl halides is 1. The van der Waals surface area contributed by atoms with Crippen LogP contribution in [0.3, 0.4) is 0 Å². The van der Waals surface area contributed by atoms with Crippen molar-refractivity contribution in [3.05, 3.63) is 25.3 Å². The fraction of sp³-hybridized carbons (Fsp3) is 0.500. The second kappa shape index (κ2) is 12.5. The van der Waals surface area contributed by atoms with Crippen LogP contribution in [0.1, 0.15) is 18.9 Å². The molecule has 236 valence electrons. The number of aliphatic hydroxyl groups excluding tert-OH is 1. The molecule has 0 aromatic carbocycles. The Morgan fingerprint density at radius 1 is 1.00 bits per heavy atom. The number of aliphatic hydroxyl groups is 1. The Hall–Kier alpha value is -2.93. The van der Waals surface area contributed by atoms with Gasteiger partial charge in [-0.1, -0.05) is 12.2 Å². The van der Waals surface area contributed by atoms with Crippen molar-refractivity contribution in [2.75, 3.05) is 24.7 Å². The molecule has 4 aromatic heterocycles. The van der Waals surface area contributed by atoms with Crippen LogP contribution in [0.5, 0.6) is 0 Å². The Morgan fingerprint density at radius 3 is 2.18 bits per heavy atom. The van der Waals surface area contributed by atoms with Crippen molar-refractivity contribution in [3.63, 3.8) is 0 Å². The first kappa shape index (κ1) is 31.1. The number of aromatic nitrogens is 8. The van der Waals surface area contributed by atoms with Gasteiger partial charge in [0.2, 0.25) is 0 Å². The number of nitrogens with zero attached hydrogens (tertiary/aromatic N) is 8. The molecule has 0 spiro atoms. The number of nitrogens with two attached hydrogens (primary N) is 2. The van der Waals surface area contributed by atoms with Crippen LogP contribution >= 0.6 is 28.5 Å². The fourth-order valence-electron chi connectivity index (χ4n) is 5.32. The summed E-state index contributed by atoms with van der Waals surface area (Å²) < 4.78 is 59.9. The van der Waals surface area contributed by atoms with Crippen LogP contribution in [0.25, 0.3) is 22.3 Å². The van der Waals surface area contributed by atoms with Gasteiger partial charge in [0.05, 0.1) is 25.9 Å². The lowest BCUT2D eigenvalue weighted by Crippen LogP contribution is -2.35. The molecule has 2 fully saturated rings. The number of anilines is 2. The van der Waals surface area contributed by atoms with E-state index in [0.717, 1.165) is 0 Å². The van der Waals surface area contributed by atoms with Gasteiger partial charge in [0.15, 0.2) is 29.2 Å². The quantitative estimate of drug-likeness (QED) is 0.0977. The van der Waals surface area contributed by atoms with E-state index in [1.54, 1.807) is 0 Å². The molecule has 2 saturated heterocycles. The van der Waals surface area contributed by atoms with E-state index < -0.39 is 62.4 Å². The lowest BCUT2D eigenvalue weighted by molar-refractivity contribution is -0.109. The monoisotopic (exact) mass is 672 g/mol. The molecule has 4 aromatic rings. The lowest BCUT2D eigenvalue weighted by Gasteiger charge is -2.24. The minimum atomic E-state index is -4.29. The Bertz CT molecular complexity index is 1720. The summed E-state index contributed by atoms with van der Waals surface area (Å²) in [5, 5.41) is 11.2. The second-order valence-corrected chi connectivity index (χ2v) is 13.2. The molecule has 0 saturated carbocycles. The average Bonchev–Trinajstić information content (AvgIpc) is 3.75. The zero-order valence-corrected chi connectivity index (χ0v) is 25.5. The normalized spacial score (nSPS) is 30.3. The summed E-state index contributed by atoms with van der Waals surface area (Å²) in [4.78, 5) is 35.8. The number of halogens is 1. The molecule has 0 amide bonds. The molecule has 44 heavy (non-hydrogen) atoms. The number of nitrogen functional groups attached to an aromatic ring is 2. The number of rotatable bonds is 11. The number of aldehydes is 1. The summed E-state index contributed by atoms with van der Waals surface area (Å²) in [6.45, 7) is -4.96. The number of hydrogen-bond donors (Lipinski definition) is 4. The Morgan fingerprint density at radius 2 is 1.59 bits per heavy atom. The number of carbonyl (C=O) groups is 1. The summed E-state index contributed by atoms with van der Waals surface area (Å²) in [7, 11) is 2.05. The van der Waals surface area contributed by atoms with Crippen molar-refractivity contribution in [3.8, 4) is 0 Å². The number of ether oxygens (including phenoxy) is 2. The third-order valence-electron chi connectivity index (χ3n) is 7.36. The highest BCUT2D eigenvalue weighted by molar-refractivity contribution is 8.44. The Balaban J connectivity index is 1.17. The van der Waals surface area contributed by atoms with Crippen molar-refractivity contribution in [1.82, 2.24) is 39.0 Å². The number of thiol groups is 1. The van der Waals surface area contributed by atoms with Gasteiger partial charge in [0.1, 0.15) is 66.8 Å². The van der Waals surface area contributed by atoms with Crippen molar-refractivity contribution in [1.29, 1.82) is 0 Å². The van der Waals surface area contributed by atoms with Gasteiger partial charge in [-0.25, -0.2) is 38.9 Å². The Labute approximate surface area is 255 Å². The van der Waals surface area contributed by atoms with Gasteiger partial charge in [-0.05, 0) is 0 Å². The molecule has 18 nitrogen and oxygen atoms in total. The van der Waals surface area contributed by atoms with E-state index in [0.29, 0.717) is 6.29 Å². The summed E-state index contributed by atoms with van der Waals surface area (Å²) in [5.41, 5.74) is 12.9. The predicted octanol–water partition coefficient (Wildman–Crippen LogP) is 0.776. The number of hydrogen-bond acceptors (Lipinski definition) is 16. The first-order valence-electron chi connectivity index (χ1n) is 13.0. The van der Waals surface area contributed by atoms with Crippen LogP contribution in [0.15, 0.2) is 25.3 Å².